The molecule has 0 unspecified atom stereocenters. The summed E-state index contributed by atoms with van der Waals surface area (Å²) in [6.45, 7) is 2.31. The lowest BCUT2D eigenvalue weighted by Crippen LogP contribution is -2.20. The monoisotopic (exact) mass is 339 g/mol. The first-order valence-corrected chi connectivity index (χ1v) is 6.89. The molecular formula is C15H18BrNO3. The van der Waals surface area contributed by atoms with Gasteiger partial charge >= 0.3 is 0 Å². The molecule has 0 aliphatic heterocycles. The highest BCUT2D eigenvalue weighted by Gasteiger charge is 2.10. The minimum Gasteiger partial charge on any atom is -0.493 e. The standard InChI is InChI=1S/C15H18BrNO3/c1-4-5-6-7-14(18)17-10-11-8-12(16)15(20-3)13(9-11)19-2/h4-9H,10H2,1-3H3,(H,17,18). The number of rotatable bonds is 6. The fourth-order valence-electron chi connectivity index (χ4n) is 1.58. The molecule has 0 aliphatic rings. The Morgan fingerprint density at radius 1 is 1.30 bits per heavy atom. The van der Waals surface area contributed by atoms with E-state index < -0.39 is 0 Å². The molecule has 0 radical (unpaired) electrons. The fourth-order valence-corrected chi connectivity index (χ4v) is 2.23. The summed E-state index contributed by atoms with van der Waals surface area (Å²) in [5.41, 5.74) is 0.919. The zero-order valence-electron chi connectivity index (χ0n) is 11.8. The van der Waals surface area contributed by atoms with Gasteiger partial charge in [-0.15, -0.1) is 0 Å². The molecule has 1 amide bonds. The highest BCUT2D eigenvalue weighted by molar-refractivity contribution is 9.10. The topological polar surface area (TPSA) is 47.6 Å². The third-order valence-electron chi connectivity index (χ3n) is 2.51. The number of hydrogen-bond donors (Lipinski definition) is 1. The van der Waals surface area contributed by atoms with Crippen molar-refractivity contribution in [1.82, 2.24) is 5.32 Å². The quantitative estimate of drug-likeness (QED) is 0.639. The number of carbonyl (C=O) groups is 1. The van der Waals surface area contributed by atoms with Crippen molar-refractivity contribution in [2.45, 2.75) is 13.5 Å². The van der Waals surface area contributed by atoms with Crippen LogP contribution in [-0.4, -0.2) is 20.1 Å². The first-order valence-electron chi connectivity index (χ1n) is 6.10. The van der Waals surface area contributed by atoms with Gasteiger partial charge < -0.3 is 14.8 Å². The Morgan fingerprint density at radius 2 is 2.05 bits per heavy atom. The lowest BCUT2D eigenvalue weighted by atomic mass is 10.2. The van der Waals surface area contributed by atoms with Crippen LogP contribution in [0, 0.1) is 0 Å². The Labute approximate surface area is 127 Å². The number of halogens is 1. The van der Waals surface area contributed by atoms with Gasteiger partial charge in [-0.1, -0.05) is 18.2 Å². The Balaban J connectivity index is 2.74. The molecule has 0 fully saturated rings. The zero-order valence-corrected chi connectivity index (χ0v) is 13.4. The molecule has 0 saturated carbocycles. The Morgan fingerprint density at radius 3 is 2.65 bits per heavy atom. The first kappa shape index (κ1) is 16.3. The number of ether oxygens (including phenoxy) is 2. The zero-order chi connectivity index (χ0) is 15.0. The van der Waals surface area contributed by atoms with Crippen molar-refractivity contribution >= 4 is 21.8 Å². The molecule has 0 bridgehead atoms. The van der Waals surface area contributed by atoms with E-state index >= 15 is 0 Å². The van der Waals surface area contributed by atoms with Crippen molar-refractivity contribution in [2.75, 3.05) is 14.2 Å². The summed E-state index contributed by atoms with van der Waals surface area (Å²) >= 11 is 3.42. The molecule has 1 N–H and O–H groups in total. The Kier molecular flexibility index (Phi) is 6.87. The fraction of sp³-hybridized carbons (Fsp3) is 0.267. The smallest absolute Gasteiger partial charge is 0.244 e. The maximum absolute atomic E-state index is 11.6. The summed E-state index contributed by atoms with van der Waals surface area (Å²) in [6, 6.07) is 3.72. The first-order chi connectivity index (χ1) is 9.62. The molecule has 0 aliphatic carbocycles. The number of methoxy groups -OCH3 is 2. The van der Waals surface area contributed by atoms with Crippen molar-refractivity contribution in [3.63, 3.8) is 0 Å². The maximum atomic E-state index is 11.6. The average Bonchev–Trinajstić information content (AvgIpc) is 2.44. The summed E-state index contributed by atoms with van der Waals surface area (Å²) in [6.07, 6.45) is 6.83. The third-order valence-corrected chi connectivity index (χ3v) is 3.10. The normalized spacial score (nSPS) is 11.0. The van der Waals surface area contributed by atoms with Crippen LogP contribution in [0.25, 0.3) is 0 Å². The van der Waals surface area contributed by atoms with E-state index in [0.717, 1.165) is 10.0 Å². The highest BCUT2D eigenvalue weighted by atomic mass is 79.9. The minimum absolute atomic E-state index is 0.144. The molecule has 1 rings (SSSR count). The summed E-state index contributed by atoms with van der Waals surface area (Å²) in [7, 11) is 3.16. The Bertz CT molecular complexity index is 524. The predicted molar refractivity (Wildman–Crippen MR) is 83.0 cm³/mol. The lowest BCUT2D eigenvalue weighted by Gasteiger charge is -2.12. The Hall–Kier alpha value is -1.75. The van der Waals surface area contributed by atoms with Gasteiger partial charge in [0.25, 0.3) is 0 Å². The van der Waals surface area contributed by atoms with Crippen LogP contribution in [0.2, 0.25) is 0 Å². The van der Waals surface area contributed by atoms with Gasteiger partial charge in [0.05, 0.1) is 18.7 Å². The molecule has 1 aromatic carbocycles. The third kappa shape index (κ3) is 4.74. The maximum Gasteiger partial charge on any atom is 0.244 e. The van der Waals surface area contributed by atoms with Crippen molar-refractivity contribution < 1.29 is 14.3 Å². The van der Waals surface area contributed by atoms with Crippen LogP contribution in [0.1, 0.15) is 12.5 Å². The van der Waals surface area contributed by atoms with Gasteiger partial charge in [-0.05, 0) is 40.5 Å². The van der Waals surface area contributed by atoms with E-state index in [2.05, 4.69) is 21.2 Å². The number of benzene rings is 1. The number of amides is 1. The van der Waals surface area contributed by atoms with Gasteiger partial charge in [-0.3, -0.25) is 4.79 Å². The number of hydrogen-bond acceptors (Lipinski definition) is 3. The number of nitrogens with one attached hydrogen (secondary N) is 1. The van der Waals surface area contributed by atoms with E-state index in [1.165, 1.54) is 6.08 Å². The van der Waals surface area contributed by atoms with Crippen LogP contribution in [0.5, 0.6) is 11.5 Å². The van der Waals surface area contributed by atoms with Crippen LogP contribution in [0.3, 0.4) is 0 Å². The van der Waals surface area contributed by atoms with Crippen molar-refractivity contribution in [3.8, 4) is 11.5 Å². The molecule has 0 heterocycles. The van der Waals surface area contributed by atoms with Crippen molar-refractivity contribution in [2.24, 2.45) is 0 Å². The van der Waals surface area contributed by atoms with Gasteiger partial charge in [0, 0.05) is 12.6 Å². The summed E-state index contributed by atoms with van der Waals surface area (Å²) in [4.78, 5) is 11.6. The summed E-state index contributed by atoms with van der Waals surface area (Å²) in [5, 5.41) is 2.80. The van der Waals surface area contributed by atoms with Gasteiger partial charge in [0.15, 0.2) is 11.5 Å². The molecule has 108 valence electrons. The second-order valence-corrected chi connectivity index (χ2v) is 4.77. The SMILES string of the molecule is CC=CC=CC(=O)NCc1cc(Br)c(OC)c(OC)c1. The highest BCUT2D eigenvalue weighted by Crippen LogP contribution is 2.36. The van der Waals surface area contributed by atoms with E-state index in [-0.39, 0.29) is 5.91 Å². The van der Waals surface area contributed by atoms with Crippen LogP contribution in [0.15, 0.2) is 40.9 Å². The minimum atomic E-state index is -0.144. The molecule has 0 saturated heterocycles. The van der Waals surface area contributed by atoms with E-state index in [4.69, 9.17) is 9.47 Å². The molecule has 0 atom stereocenters. The van der Waals surface area contributed by atoms with Gasteiger partial charge in [-0.2, -0.15) is 0 Å². The van der Waals surface area contributed by atoms with Crippen molar-refractivity contribution in [1.29, 1.82) is 0 Å². The second kappa shape index (κ2) is 8.43. The molecular weight excluding hydrogens is 322 g/mol. The van der Waals surface area contributed by atoms with Crippen molar-refractivity contribution in [3.05, 3.63) is 46.5 Å². The largest absolute Gasteiger partial charge is 0.493 e. The lowest BCUT2D eigenvalue weighted by molar-refractivity contribution is -0.116. The molecule has 20 heavy (non-hydrogen) atoms. The molecule has 5 heteroatoms. The molecule has 0 spiro atoms. The average molecular weight is 340 g/mol. The van der Waals surface area contributed by atoms with Crippen LogP contribution in [-0.2, 0) is 11.3 Å². The van der Waals surface area contributed by atoms with Gasteiger partial charge in [-0.25, -0.2) is 0 Å². The predicted octanol–water partition coefficient (Wildman–Crippen LogP) is 3.21. The van der Waals surface area contributed by atoms with E-state index in [1.54, 1.807) is 26.4 Å². The van der Waals surface area contributed by atoms with Crippen LogP contribution in [0.4, 0.5) is 0 Å². The number of allylic oxidation sites excluding steroid dienone is 3. The van der Waals surface area contributed by atoms with E-state index in [1.807, 2.05) is 25.1 Å². The second-order valence-electron chi connectivity index (χ2n) is 3.92. The van der Waals surface area contributed by atoms with Crippen LogP contribution >= 0.6 is 15.9 Å². The molecule has 1 aromatic rings. The van der Waals surface area contributed by atoms with E-state index in [9.17, 15) is 4.79 Å². The summed E-state index contributed by atoms with van der Waals surface area (Å²) in [5.74, 6) is 1.11. The summed E-state index contributed by atoms with van der Waals surface area (Å²) < 4.78 is 11.3. The van der Waals surface area contributed by atoms with Gasteiger partial charge in [0.2, 0.25) is 5.91 Å². The van der Waals surface area contributed by atoms with E-state index in [0.29, 0.717) is 18.0 Å². The molecule has 0 aromatic heterocycles. The van der Waals surface area contributed by atoms with Gasteiger partial charge in [0.1, 0.15) is 0 Å². The number of carbonyl (C=O) groups excluding carboxylic acids is 1. The molecule has 4 nitrogen and oxygen atoms in total. The van der Waals surface area contributed by atoms with Crippen LogP contribution < -0.4 is 14.8 Å².